The quantitative estimate of drug-likeness (QED) is 0.772. The van der Waals surface area contributed by atoms with Crippen LogP contribution < -0.4 is 11.1 Å². The number of sulfone groups is 1. The molecule has 96 valence electrons. The molecule has 8 heteroatoms. The number of nitrogen functional groups attached to an aromatic ring is 1. The van der Waals surface area contributed by atoms with Crippen molar-refractivity contribution in [1.29, 1.82) is 0 Å². The lowest BCUT2D eigenvalue weighted by Crippen LogP contribution is -2.12. The molecule has 1 saturated carbocycles. The van der Waals surface area contributed by atoms with E-state index in [9.17, 15) is 8.42 Å². The number of anilines is 2. The molecule has 1 heterocycles. The predicted molar refractivity (Wildman–Crippen MR) is 73.6 cm³/mol. The Balaban J connectivity index is 2.23. The van der Waals surface area contributed by atoms with Crippen molar-refractivity contribution in [2.75, 3.05) is 29.6 Å². The number of aromatic nitrogens is 1. The zero-order chi connectivity index (χ0) is 12.5. The topological polar surface area (TPSA) is 85.1 Å². The molecule has 17 heavy (non-hydrogen) atoms. The molecule has 0 unspecified atom stereocenters. The summed E-state index contributed by atoms with van der Waals surface area (Å²) in [5, 5.41) is 3.44. The first-order valence-corrected chi connectivity index (χ1v) is 9.00. The van der Waals surface area contributed by atoms with Crippen molar-refractivity contribution in [3.05, 3.63) is 0 Å². The van der Waals surface area contributed by atoms with E-state index in [1.54, 1.807) is 11.8 Å². The van der Waals surface area contributed by atoms with Crippen molar-refractivity contribution in [3.63, 3.8) is 0 Å². The average molecular weight is 293 g/mol. The second-order valence-corrected chi connectivity index (χ2v) is 7.81. The van der Waals surface area contributed by atoms with Crippen LogP contribution in [0.5, 0.6) is 0 Å². The van der Waals surface area contributed by atoms with Crippen LogP contribution in [0, 0.1) is 0 Å². The van der Waals surface area contributed by atoms with Crippen molar-refractivity contribution < 1.29 is 8.42 Å². The molecule has 1 aliphatic carbocycles. The monoisotopic (exact) mass is 293 g/mol. The zero-order valence-electron chi connectivity index (χ0n) is 9.47. The minimum Gasteiger partial charge on any atom is -0.382 e. The van der Waals surface area contributed by atoms with E-state index < -0.39 is 9.84 Å². The van der Waals surface area contributed by atoms with Crippen LogP contribution in [0.2, 0.25) is 0 Å². The van der Waals surface area contributed by atoms with Crippen LogP contribution in [-0.4, -0.2) is 36.6 Å². The lowest BCUT2D eigenvalue weighted by molar-refractivity contribution is 0.595. The Morgan fingerprint density at radius 3 is 2.88 bits per heavy atom. The summed E-state index contributed by atoms with van der Waals surface area (Å²) in [6.45, 7) is 0.718. The minimum absolute atomic E-state index is 0.133. The maximum absolute atomic E-state index is 12.2. The molecular weight excluding hydrogens is 278 g/mol. The molecule has 5 nitrogen and oxygen atoms in total. The third kappa shape index (κ3) is 2.69. The van der Waals surface area contributed by atoms with Gasteiger partial charge >= 0.3 is 0 Å². The Kier molecular flexibility index (Phi) is 3.84. The Morgan fingerprint density at radius 1 is 1.59 bits per heavy atom. The van der Waals surface area contributed by atoms with Crippen molar-refractivity contribution in [3.8, 4) is 0 Å². The SMILES string of the molecule is CSCCNc1snc(N)c1S(=O)(=O)C1CC1. The molecule has 0 aliphatic heterocycles. The van der Waals surface area contributed by atoms with E-state index in [0.717, 1.165) is 36.7 Å². The van der Waals surface area contributed by atoms with Crippen LogP contribution >= 0.6 is 23.3 Å². The van der Waals surface area contributed by atoms with Gasteiger partial charge in [-0.05, 0) is 30.6 Å². The summed E-state index contributed by atoms with van der Waals surface area (Å²) in [7, 11) is -3.27. The number of hydrogen-bond acceptors (Lipinski definition) is 7. The Bertz CT molecular complexity index is 494. The van der Waals surface area contributed by atoms with Gasteiger partial charge in [0.1, 0.15) is 9.90 Å². The van der Waals surface area contributed by atoms with Gasteiger partial charge in [0.25, 0.3) is 0 Å². The summed E-state index contributed by atoms with van der Waals surface area (Å²) in [6.07, 6.45) is 3.48. The standard InChI is InChI=1S/C9H15N3O2S3/c1-15-5-4-11-9-7(8(10)12-16-9)17(13,14)6-2-3-6/h6,11H,2-5H2,1H3,(H2,10,12). The summed E-state index contributed by atoms with van der Waals surface area (Å²) in [5.41, 5.74) is 5.67. The first-order chi connectivity index (χ1) is 8.07. The highest BCUT2D eigenvalue weighted by molar-refractivity contribution is 7.98. The van der Waals surface area contributed by atoms with Gasteiger partial charge in [0.15, 0.2) is 15.7 Å². The lowest BCUT2D eigenvalue weighted by Gasteiger charge is -2.06. The fourth-order valence-electron chi connectivity index (χ4n) is 1.49. The molecule has 0 saturated heterocycles. The van der Waals surface area contributed by atoms with Crippen molar-refractivity contribution in [1.82, 2.24) is 4.37 Å². The maximum atomic E-state index is 12.2. The van der Waals surface area contributed by atoms with Gasteiger partial charge in [-0.15, -0.1) is 0 Å². The van der Waals surface area contributed by atoms with Crippen LogP contribution in [0.4, 0.5) is 10.8 Å². The fourth-order valence-corrected chi connectivity index (χ4v) is 4.71. The van der Waals surface area contributed by atoms with Crippen LogP contribution in [0.25, 0.3) is 0 Å². The minimum atomic E-state index is -3.27. The van der Waals surface area contributed by atoms with Crippen molar-refractivity contribution in [2.45, 2.75) is 23.0 Å². The number of nitrogens with two attached hydrogens (primary N) is 1. The molecule has 0 spiro atoms. The smallest absolute Gasteiger partial charge is 0.187 e. The summed E-state index contributed by atoms with van der Waals surface area (Å²) in [5.74, 6) is 1.05. The van der Waals surface area contributed by atoms with Gasteiger partial charge in [0, 0.05) is 12.3 Å². The first-order valence-electron chi connectivity index (χ1n) is 5.29. The zero-order valence-corrected chi connectivity index (χ0v) is 11.9. The molecule has 1 aliphatic rings. The molecule has 0 atom stereocenters. The van der Waals surface area contributed by atoms with Gasteiger partial charge in [-0.1, -0.05) is 0 Å². The van der Waals surface area contributed by atoms with Gasteiger partial charge < -0.3 is 11.1 Å². The highest BCUT2D eigenvalue weighted by atomic mass is 32.2. The average Bonchev–Trinajstić information content (AvgIpc) is 3.05. The van der Waals surface area contributed by atoms with E-state index in [-0.39, 0.29) is 16.0 Å². The first kappa shape index (κ1) is 13.0. The highest BCUT2D eigenvalue weighted by Crippen LogP contribution is 2.40. The lowest BCUT2D eigenvalue weighted by atomic mass is 10.6. The van der Waals surface area contributed by atoms with E-state index in [0.29, 0.717) is 5.00 Å². The van der Waals surface area contributed by atoms with Gasteiger partial charge in [0.05, 0.1) is 5.25 Å². The number of thioether (sulfide) groups is 1. The second kappa shape index (κ2) is 5.03. The van der Waals surface area contributed by atoms with Crippen molar-refractivity contribution in [2.24, 2.45) is 0 Å². The predicted octanol–water partition coefficient (Wildman–Crippen LogP) is 1.44. The van der Waals surface area contributed by atoms with Gasteiger partial charge in [-0.2, -0.15) is 16.1 Å². The summed E-state index contributed by atoms with van der Waals surface area (Å²) < 4.78 is 28.3. The van der Waals surface area contributed by atoms with E-state index in [4.69, 9.17) is 5.73 Å². The molecule has 1 fully saturated rings. The Labute approximate surface area is 109 Å². The van der Waals surface area contributed by atoms with E-state index in [1.807, 2.05) is 6.26 Å². The van der Waals surface area contributed by atoms with Gasteiger partial charge in [-0.25, -0.2) is 8.42 Å². The molecule has 0 aromatic carbocycles. The molecule has 0 radical (unpaired) electrons. The third-order valence-corrected chi connectivity index (χ3v) is 6.41. The molecule has 2 rings (SSSR count). The normalized spacial score (nSPS) is 16.1. The molecule has 1 aromatic heterocycles. The molecule has 1 aromatic rings. The second-order valence-electron chi connectivity index (χ2n) is 3.89. The van der Waals surface area contributed by atoms with E-state index >= 15 is 0 Å². The molecule has 3 N–H and O–H groups in total. The number of nitrogens with one attached hydrogen (secondary N) is 1. The van der Waals surface area contributed by atoms with Crippen molar-refractivity contribution >= 4 is 44.0 Å². The van der Waals surface area contributed by atoms with Crippen LogP contribution in [0.15, 0.2) is 4.90 Å². The summed E-state index contributed by atoms with van der Waals surface area (Å²) in [4.78, 5) is 0.214. The van der Waals surface area contributed by atoms with Crippen LogP contribution in [0.3, 0.4) is 0 Å². The number of rotatable bonds is 6. The molecular formula is C9H15N3O2S3. The van der Waals surface area contributed by atoms with Crippen LogP contribution in [0.1, 0.15) is 12.8 Å². The Hall–Kier alpha value is -0.470. The van der Waals surface area contributed by atoms with Crippen LogP contribution in [-0.2, 0) is 9.84 Å². The van der Waals surface area contributed by atoms with E-state index in [1.165, 1.54) is 0 Å². The summed E-state index contributed by atoms with van der Waals surface area (Å²) >= 11 is 2.82. The third-order valence-electron chi connectivity index (χ3n) is 2.51. The fraction of sp³-hybridized carbons (Fsp3) is 0.667. The molecule has 0 amide bonds. The molecule has 0 bridgehead atoms. The number of hydrogen-bond donors (Lipinski definition) is 2. The van der Waals surface area contributed by atoms with E-state index in [2.05, 4.69) is 9.69 Å². The Morgan fingerprint density at radius 2 is 2.29 bits per heavy atom. The van der Waals surface area contributed by atoms with Gasteiger partial charge in [0.2, 0.25) is 0 Å². The highest BCUT2D eigenvalue weighted by Gasteiger charge is 2.40. The maximum Gasteiger partial charge on any atom is 0.187 e. The van der Waals surface area contributed by atoms with Gasteiger partial charge in [-0.3, -0.25) is 0 Å². The number of nitrogens with zero attached hydrogens (tertiary/aromatic N) is 1. The largest absolute Gasteiger partial charge is 0.382 e. The summed E-state index contributed by atoms with van der Waals surface area (Å²) in [6, 6.07) is 0.